The highest BCUT2D eigenvalue weighted by molar-refractivity contribution is 5.94. The molecule has 0 unspecified atom stereocenters. The fourth-order valence-corrected chi connectivity index (χ4v) is 4.12. The Labute approximate surface area is 152 Å². The van der Waals surface area contributed by atoms with Crippen molar-refractivity contribution in [3.8, 4) is 0 Å². The first-order valence-corrected chi connectivity index (χ1v) is 9.53. The summed E-state index contributed by atoms with van der Waals surface area (Å²) in [6.07, 6.45) is 7.70. The van der Waals surface area contributed by atoms with E-state index in [0.29, 0.717) is 5.56 Å². The minimum Gasteiger partial charge on any atom is -0.349 e. The van der Waals surface area contributed by atoms with Gasteiger partial charge in [0.2, 0.25) is 5.91 Å². The number of carbonyl (C=O) groups excluding carboxylic acids is 2. The molecule has 138 valence electrons. The Kier molecular flexibility index (Phi) is 4.61. The lowest BCUT2D eigenvalue weighted by molar-refractivity contribution is -0.136. The van der Waals surface area contributed by atoms with Crippen molar-refractivity contribution in [1.82, 2.24) is 24.8 Å². The second kappa shape index (κ2) is 7.05. The Morgan fingerprint density at radius 2 is 1.92 bits per heavy atom. The maximum absolute atomic E-state index is 12.7. The van der Waals surface area contributed by atoms with Crippen LogP contribution in [0.5, 0.6) is 0 Å². The summed E-state index contributed by atoms with van der Waals surface area (Å²) in [6, 6.07) is 3.63. The molecule has 3 heterocycles. The molecule has 26 heavy (non-hydrogen) atoms. The summed E-state index contributed by atoms with van der Waals surface area (Å²) in [5.41, 5.74) is 1.32. The lowest BCUT2D eigenvalue weighted by Gasteiger charge is -2.29. The summed E-state index contributed by atoms with van der Waals surface area (Å²) in [7, 11) is 0. The third-order valence-corrected chi connectivity index (χ3v) is 5.62. The molecular weight excluding hydrogens is 330 g/mol. The van der Waals surface area contributed by atoms with Crippen LogP contribution in [0.25, 0.3) is 5.65 Å². The van der Waals surface area contributed by atoms with Crippen molar-refractivity contribution < 1.29 is 9.59 Å². The Morgan fingerprint density at radius 3 is 2.73 bits per heavy atom. The molecule has 0 radical (unpaired) electrons. The molecule has 0 spiro atoms. The van der Waals surface area contributed by atoms with Gasteiger partial charge in [-0.3, -0.25) is 14.0 Å². The van der Waals surface area contributed by atoms with Crippen molar-refractivity contribution in [3.63, 3.8) is 0 Å². The number of amides is 2. The molecule has 0 bridgehead atoms. The number of aryl methyl sites for hydroxylation is 1. The molecule has 2 aromatic heterocycles. The summed E-state index contributed by atoms with van der Waals surface area (Å²) in [5.74, 6) is 0.989. The first kappa shape index (κ1) is 17.0. The van der Waals surface area contributed by atoms with Gasteiger partial charge in [-0.25, -0.2) is 0 Å². The van der Waals surface area contributed by atoms with E-state index in [4.69, 9.17) is 0 Å². The molecule has 1 saturated carbocycles. The Bertz CT molecular complexity index is 824. The van der Waals surface area contributed by atoms with Crippen molar-refractivity contribution in [2.45, 2.75) is 51.5 Å². The number of nitrogens with zero attached hydrogens (tertiary/aromatic N) is 4. The number of carbonyl (C=O) groups is 2. The third-order valence-electron chi connectivity index (χ3n) is 5.62. The molecule has 2 aliphatic rings. The van der Waals surface area contributed by atoms with E-state index in [0.717, 1.165) is 56.7 Å². The molecule has 1 aliphatic heterocycles. The first-order valence-electron chi connectivity index (χ1n) is 9.53. The van der Waals surface area contributed by atoms with Crippen molar-refractivity contribution in [1.29, 1.82) is 0 Å². The van der Waals surface area contributed by atoms with E-state index in [-0.39, 0.29) is 23.8 Å². The van der Waals surface area contributed by atoms with Gasteiger partial charge < -0.3 is 10.2 Å². The number of hydrogen-bond acceptors (Lipinski definition) is 4. The molecule has 2 amide bonds. The van der Waals surface area contributed by atoms with Crippen LogP contribution in [0, 0.1) is 12.8 Å². The minimum atomic E-state index is -0.101. The van der Waals surface area contributed by atoms with Gasteiger partial charge in [0.25, 0.3) is 5.91 Å². The molecule has 1 N–H and O–H groups in total. The molecule has 4 rings (SSSR count). The number of nitrogens with one attached hydrogen (secondary N) is 1. The van der Waals surface area contributed by atoms with Gasteiger partial charge in [0.05, 0.1) is 5.56 Å². The van der Waals surface area contributed by atoms with E-state index in [1.807, 2.05) is 16.2 Å². The zero-order valence-corrected chi connectivity index (χ0v) is 15.1. The van der Waals surface area contributed by atoms with E-state index in [2.05, 4.69) is 15.5 Å². The van der Waals surface area contributed by atoms with Gasteiger partial charge in [-0.1, -0.05) is 0 Å². The average molecular weight is 355 g/mol. The van der Waals surface area contributed by atoms with E-state index in [9.17, 15) is 9.59 Å². The van der Waals surface area contributed by atoms with Gasteiger partial charge in [0.15, 0.2) is 5.65 Å². The first-order chi connectivity index (χ1) is 12.6. The average Bonchev–Trinajstić information content (AvgIpc) is 3.28. The molecule has 7 nitrogen and oxygen atoms in total. The monoisotopic (exact) mass is 355 g/mol. The number of aromatic nitrogens is 3. The smallest absolute Gasteiger partial charge is 0.252 e. The number of likely N-dealkylation sites (tertiary alicyclic amines) is 1. The van der Waals surface area contributed by atoms with Crippen LogP contribution in [0.2, 0.25) is 0 Å². The number of piperidine rings is 1. The summed E-state index contributed by atoms with van der Waals surface area (Å²) < 4.78 is 1.81. The standard InChI is InChI=1S/C19H25N5O2/c1-13-21-22-17-8-6-15(12-24(13)17)18(25)20-16-7-5-14(11-16)19(26)23-9-3-2-4-10-23/h6,8,12,14,16H,2-5,7,9-11H2,1H3,(H,20,25)/t14-,16+/m1/s1. The van der Waals surface area contributed by atoms with Crippen molar-refractivity contribution in [3.05, 3.63) is 29.7 Å². The molecule has 1 saturated heterocycles. The highest BCUT2D eigenvalue weighted by Gasteiger charge is 2.33. The Balaban J connectivity index is 1.37. The van der Waals surface area contributed by atoms with Crippen LogP contribution in [-0.4, -0.2) is 50.4 Å². The Morgan fingerprint density at radius 1 is 1.12 bits per heavy atom. The van der Waals surface area contributed by atoms with Crippen molar-refractivity contribution in [2.24, 2.45) is 5.92 Å². The van der Waals surface area contributed by atoms with Crippen LogP contribution in [0.15, 0.2) is 18.3 Å². The topological polar surface area (TPSA) is 79.6 Å². The fourth-order valence-electron chi connectivity index (χ4n) is 4.12. The van der Waals surface area contributed by atoms with E-state index in [1.54, 1.807) is 18.3 Å². The second-order valence-corrected chi connectivity index (χ2v) is 7.46. The number of hydrogen-bond donors (Lipinski definition) is 1. The predicted octanol–water partition coefficient (Wildman–Crippen LogP) is 1.95. The van der Waals surface area contributed by atoms with Crippen LogP contribution in [0.4, 0.5) is 0 Å². The van der Waals surface area contributed by atoms with Crippen LogP contribution in [-0.2, 0) is 4.79 Å². The van der Waals surface area contributed by atoms with E-state index >= 15 is 0 Å². The quantitative estimate of drug-likeness (QED) is 0.913. The molecule has 2 fully saturated rings. The second-order valence-electron chi connectivity index (χ2n) is 7.46. The predicted molar refractivity (Wildman–Crippen MR) is 96.8 cm³/mol. The molecule has 7 heteroatoms. The lowest BCUT2D eigenvalue weighted by Crippen LogP contribution is -2.40. The van der Waals surface area contributed by atoms with Crippen LogP contribution in [0.3, 0.4) is 0 Å². The summed E-state index contributed by atoms with van der Waals surface area (Å²) in [4.78, 5) is 27.3. The van der Waals surface area contributed by atoms with E-state index in [1.165, 1.54) is 6.42 Å². The summed E-state index contributed by atoms with van der Waals surface area (Å²) >= 11 is 0. The molecular formula is C19H25N5O2. The van der Waals surface area contributed by atoms with Gasteiger partial charge in [-0.2, -0.15) is 0 Å². The van der Waals surface area contributed by atoms with Crippen LogP contribution < -0.4 is 5.32 Å². The van der Waals surface area contributed by atoms with Crippen molar-refractivity contribution >= 4 is 17.5 Å². The van der Waals surface area contributed by atoms with Crippen molar-refractivity contribution in [2.75, 3.05) is 13.1 Å². The fraction of sp³-hybridized carbons (Fsp3) is 0.579. The number of rotatable bonds is 3. The van der Waals surface area contributed by atoms with Gasteiger partial charge in [-0.15, -0.1) is 10.2 Å². The van der Waals surface area contributed by atoms with Gasteiger partial charge in [-0.05, 0) is 57.6 Å². The molecule has 0 aromatic carbocycles. The number of fused-ring (bicyclic) bond motifs is 1. The number of pyridine rings is 1. The normalized spacial score (nSPS) is 23.3. The minimum absolute atomic E-state index is 0.0565. The lowest BCUT2D eigenvalue weighted by atomic mass is 10.0. The highest BCUT2D eigenvalue weighted by Crippen LogP contribution is 2.28. The summed E-state index contributed by atoms with van der Waals surface area (Å²) in [5, 5.41) is 11.1. The highest BCUT2D eigenvalue weighted by atomic mass is 16.2. The van der Waals surface area contributed by atoms with E-state index < -0.39 is 0 Å². The largest absolute Gasteiger partial charge is 0.349 e. The maximum atomic E-state index is 12.7. The molecule has 2 atom stereocenters. The maximum Gasteiger partial charge on any atom is 0.252 e. The van der Waals surface area contributed by atoms with Gasteiger partial charge in [0.1, 0.15) is 5.82 Å². The summed E-state index contributed by atoms with van der Waals surface area (Å²) in [6.45, 7) is 3.64. The Hall–Kier alpha value is -2.44. The third kappa shape index (κ3) is 3.30. The van der Waals surface area contributed by atoms with Gasteiger partial charge in [0, 0.05) is 31.2 Å². The zero-order chi connectivity index (χ0) is 18.1. The molecule has 2 aromatic rings. The van der Waals surface area contributed by atoms with Crippen LogP contribution >= 0.6 is 0 Å². The molecule has 1 aliphatic carbocycles. The SMILES string of the molecule is Cc1nnc2ccc(C(=O)N[C@H]3CC[C@@H](C(=O)N4CCCCC4)C3)cn12. The van der Waals surface area contributed by atoms with Gasteiger partial charge >= 0.3 is 0 Å². The zero-order valence-electron chi connectivity index (χ0n) is 15.1. The van der Waals surface area contributed by atoms with Crippen LogP contribution in [0.1, 0.15) is 54.7 Å².